The van der Waals surface area contributed by atoms with Crippen molar-refractivity contribution in [2.75, 3.05) is 20.3 Å². The standard InChI is InChI=1S/C16H21N3O4S/c1-11-5-4-6-13(9-11)22-10-14-18-19-16(23-14)24-12(2)15(20)17-7-8-21-3/h4-6,9,12H,7-8,10H2,1-3H3,(H,17,20)/t12-/m1/s1. The number of nitrogens with zero attached hydrogens (tertiary/aromatic N) is 2. The molecule has 1 heterocycles. The van der Waals surface area contributed by atoms with Crippen LogP contribution in [0.1, 0.15) is 18.4 Å². The molecule has 1 aromatic carbocycles. The van der Waals surface area contributed by atoms with Crippen LogP contribution in [0.15, 0.2) is 33.9 Å². The van der Waals surface area contributed by atoms with E-state index in [1.807, 2.05) is 31.2 Å². The molecule has 2 aromatic rings. The maximum absolute atomic E-state index is 11.9. The number of benzene rings is 1. The topological polar surface area (TPSA) is 86.5 Å². The van der Waals surface area contributed by atoms with Gasteiger partial charge in [-0.1, -0.05) is 23.9 Å². The van der Waals surface area contributed by atoms with Crippen molar-refractivity contribution in [2.24, 2.45) is 0 Å². The van der Waals surface area contributed by atoms with Crippen molar-refractivity contribution in [2.45, 2.75) is 30.9 Å². The third kappa shape index (κ3) is 5.86. The number of nitrogens with one attached hydrogen (secondary N) is 1. The minimum atomic E-state index is -0.340. The van der Waals surface area contributed by atoms with Gasteiger partial charge in [-0.05, 0) is 31.5 Å². The second-order valence-electron chi connectivity index (χ2n) is 5.11. The SMILES string of the molecule is COCCNC(=O)[C@@H](C)Sc1nnc(COc2cccc(C)c2)o1. The highest BCUT2D eigenvalue weighted by Gasteiger charge is 2.18. The number of aromatic nitrogens is 2. The number of thioether (sulfide) groups is 1. The Morgan fingerprint density at radius 2 is 2.25 bits per heavy atom. The van der Waals surface area contributed by atoms with Gasteiger partial charge in [0.25, 0.3) is 11.1 Å². The average Bonchev–Trinajstić information content (AvgIpc) is 3.00. The zero-order chi connectivity index (χ0) is 17.4. The maximum Gasteiger partial charge on any atom is 0.277 e. The normalized spacial score (nSPS) is 12.0. The molecule has 1 atom stereocenters. The minimum Gasteiger partial charge on any atom is -0.484 e. The second-order valence-corrected chi connectivity index (χ2v) is 6.40. The quantitative estimate of drug-likeness (QED) is 0.547. The summed E-state index contributed by atoms with van der Waals surface area (Å²) in [6, 6.07) is 7.71. The number of hydrogen-bond donors (Lipinski definition) is 1. The van der Waals surface area contributed by atoms with Gasteiger partial charge in [0.2, 0.25) is 5.91 Å². The molecule has 0 saturated heterocycles. The van der Waals surface area contributed by atoms with Gasteiger partial charge in [-0.25, -0.2) is 0 Å². The molecule has 7 nitrogen and oxygen atoms in total. The van der Waals surface area contributed by atoms with E-state index >= 15 is 0 Å². The summed E-state index contributed by atoms with van der Waals surface area (Å²) in [4.78, 5) is 11.9. The summed E-state index contributed by atoms with van der Waals surface area (Å²) in [5.41, 5.74) is 1.11. The van der Waals surface area contributed by atoms with Crippen LogP contribution in [-0.2, 0) is 16.1 Å². The van der Waals surface area contributed by atoms with Gasteiger partial charge in [-0.3, -0.25) is 4.79 Å². The van der Waals surface area contributed by atoms with Crippen LogP contribution in [0.25, 0.3) is 0 Å². The number of carbonyl (C=O) groups excluding carboxylic acids is 1. The molecule has 1 amide bonds. The molecule has 8 heteroatoms. The summed E-state index contributed by atoms with van der Waals surface area (Å²) in [5, 5.41) is 10.6. The lowest BCUT2D eigenvalue weighted by Gasteiger charge is -2.09. The lowest BCUT2D eigenvalue weighted by molar-refractivity contribution is -0.120. The first kappa shape index (κ1) is 18.3. The van der Waals surface area contributed by atoms with Gasteiger partial charge >= 0.3 is 0 Å². The Morgan fingerprint density at radius 3 is 3.00 bits per heavy atom. The lowest BCUT2D eigenvalue weighted by Crippen LogP contribution is -2.33. The molecule has 130 valence electrons. The maximum atomic E-state index is 11.9. The molecule has 2 rings (SSSR count). The number of amides is 1. The average molecular weight is 351 g/mol. The first-order valence-corrected chi connectivity index (χ1v) is 8.41. The van der Waals surface area contributed by atoms with Crippen LogP contribution in [0, 0.1) is 6.92 Å². The molecule has 0 fully saturated rings. The largest absolute Gasteiger partial charge is 0.484 e. The van der Waals surface area contributed by atoms with Gasteiger partial charge in [0, 0.05) is 13.7 Å². The summed E-state index contributed by atoms with van der Waals surface area (Å²) >= 11 is 1.21. The van der Waals surface area contributed by atoms with Crippen molar-refractivity contribution in [3.63, 3.8) is 0 Å². The number of carbonyl (C=O) groups is 1. The van der Waals surface area contributed by atoms with Crippen LogP contribution in [0.2, 0.25) is 0 Å². The highest BCUT2D eigenvalue weighted by Crippen LogP contribution is 2.22. The molecule has 0 saturated carbocycles. The van der Waals surface area contributed by atoms with Crippen molar-refractivity contribution in [3.8, 4) is 5.75 Å². The van der Waals surface area contributed by atoms with Gasteiger partial charge < -0.3 is 19.2 Å². The number of rotatable bonds is 9. The third-order valence-electron chi connectivity index (χ3n) is 3.05. The fourth-order valence-electron chi connectivity index (χ4n) is 1.82. The van der Waals surface area contributed by atoms with E-state index in [2.05, 4.69) is 15.5 Å². The highest BCUT2D eigenvalue weighted by atomic mass is 32.2. The number of aryl methyl sites for hydroxylation is 1. The Bertz CT molecular complexity index is 662. The zero-order valence-electron chi connectivity index (χ0n) is 13.9. The molecular formula is C16H21N3O4S. The molecule has 0 aliphatic rings. The summed E-state index contributed by atoms with van der Waals surface area (Å²) in [7, 11) is 1.59. The van der Waals surface area contributed by atoms with Gasteiger partial charge in [-0.2, -0.15) is 0 Å². The van der Waals surface area contributed by atoms with Crippen LogP contribution in [0.3, 0.4) is 0 Å². The lowest BCUT2D eigenvalue weighted by atomic mass is 10.2. The number of ether oxygens (including phenoxy) is 2. The van der Waals surface area contributed by atoms with Crippen molar-refractivity contribution in [1.29, 1.82) is 0 Å². The molecular weight excluding hydrogens is 330 g/mol. The number of hydrogen-bond acceptors (Lipinski definition) is 7. The first-order valence-electron chi connectivity index (χ1n) is 7.53. The van der Waals surface area contributed by atoms with Crippen molar-refractivity contribution in [1.82, 2.24) is 15.5 Å². The van der Waals surface area contributed by atoms with Gasteiger partial charge in [0.1, 0.15) is 5.75 Å². The Labute approximate surface area is 145 Å². The van der Waals surface area contributed by atoms with E-state index in [1.165, 1.54) is 11.8 Å². The molecule has 0 aliphatic heterocycles. The molecule has 0 unspecified atom stereocenters. The van der Waals surface area contributed by atoms with E-state index in [4.69, 9.17) is 13.9 Å². The molecule has 1 aromatic heterocycles. The summed E-state index contributed by atoms with van der Waals surface area (Å²) < 4.78 is 16.0. The van der Waals surface area contributed by atoms with Crippen molar-refractivity contribution >= 4 is 17.7 Å². The molecule has 24 heavy (non-hydrogen) atoms. The molecule has 1 N–H and O–H groups in total. The van der Waals surface area contributed by atoms with Gasteiger partial charge in [0.15, 0.2) is 6.61 Å². The highest BCUT2D eigenvalue weighted by molar-refractivity contribution is 8.00. The molecule has 0 spiro atoms. The summed E-state index contributed by atoms with van der Waals surface area (Å²) in [6.07, 6.45) is 0. The summed E-state index contributed by atoms with van der Waals surface area (Å²) in [6.45, 7) is 4.91. The Kier molecular flexibility index (Phi) is 7.07. The number of methoxy groups -OCH3 is 1. The third-order valence-corrected chi connectivity index (χ3v) is 3.99. The van der Waals surface area contributed by atoms with Gasteiger partial charge in [-0.15, -0.1) is 10.2 Å². The van der Waals surface area contributed by atoms with Gasteiger partial charge in [0.05, 0.1) is 11.9 Å². The van der Waals surface area contributed by atoms with E-state index in [-0.39, 0.29) is 17.8 Å². The van der Waals surface area contributed by atoms with Crippen LogP contribution in [0.5, 0.6) is 5.75 Å². The fourth-order valence-corrected chi connectivity index (χ4v) is 2.54. The Balaban J connectivity index is 1.81. The van der Waals surface area contributed by atoms with Crippen molar-refractivity contribution in [3.05, 3.63) is 35.7 Å². The van der Waals surface area contributed by atoms with Crippen LogP contribution in [-0.4, -0.2) is 41.6 Å². The monoisotopic (exact) mass is 351 g/mol. The van der Waals surface area contributed by atoms with Crippen LogP contribution >= 0.6 is 11.8 Å². The second kappa shape index (κ2) is 9.29. The molecule has 0 bridgehead atoms. The predicted octanol–water partition coefficient (Wildman–Crippen LogP) is 2.20. The zero-order valence-corrected chi connectivity index (χ0v) is 14.8. The predicted molar refractivity (Wildman–Crippen MR) is 90.0 cm³/mol. The van der Waals surface area contributed by atoms with E-state index in [1.54, 1.807) is 14.0 Å². The van der Waals surface area contributed by atoms with E-state index in [0.29, 0.717) is 24.3 Å². The van der Waals surface area contributed by atoms with E-state index < -0.39 is 0 Å². The van der Waals surface area contributed by atoms with E-state index in [0.717, 1.165) is 11.3 Å². The van der Waals surface area contributed by atoms with E-state index in [9.17, 15) is 4.79 Å². The minimum absolute atomic E-state index is 0.104. The molecule has 0 radical (unpaired) electrons. The summed E-state index contributed by atoms with van der Waals surface area (Å²) in [5.74, 6) is 1.01. The van der Waals surface area contributed by atoms with Crippen LogP contribution < -0.4 is 10.1 Å². The Morgan fingerprint density at radius 1 is 1.42 bits per heavy atom. The smallest absolute Gasteiger partial charge is 0.277 e. The first-order chi connectivity index (χ1) is 11.6. The van der Waals surface area contributed by atoms with Crippen LogP contribution in [0.4, 0.5) is 0 Å². The molecule has 0 aliphatic carbocycles. The fraction of sp³-hybridized carbons (Fsp3) is 0.438. The Hall–Kier alpha value is -2.06. The van der Waals surface area contributed by atoms with Crippen molar-refractivity contribution < 1.29 is 18.7 Å².